The van der Waals surface area contributed by atoms with Crippen molar-refractivity contribution in [1.29, 1.82) is 0 Å². The Bertz CT molecular complexity index is 581. The summed E-state index contributed by atoms with van der Waals surface area (Å²) in [5.41, 5.74) is 0.998. The Balaban J connectivity index is 2.48. The molecule has 0 atom stereocenters. The second-order valence-corrected chi connectivity index (χ2v) is 5.14. The fraction of sp³-hybridized carbons (Fsp3) is 0. The molecular formula is C13H7Br2FO. The van der Waals surface area contributed by atoms with Crippen molar-refractivity contribution < 1.29 is 9.18 Å². The molecule has 0 heterocycles. The van der Waals surface area contributed by atoms with E-state index in [1.807, 2.05) is 6.07 Å². The third kappa shape index (κ3) is 2.64. The van der Waals surface area contributed by atoms with Gasteiger partial charge >= 0.3 is 0 Å². The Morgan fingerprint density at radius 3 is 2.24 bits per heavy atom. The quantitative estimate of drug-likeness (QED) is 0.719. The smallest absolute Gasteiger partial charge is 0.195 e. The number of benzene rings is 2. The summed E-state index contributed by atoms with van der Waals surface area (Å²) in [7, 11) is 0. The molecule has 1 nitrogen and oxygen atoms in total. The molecule has 0 amide bonds. The van der Waals surface area contributed by atoms with Crippen LogP contribution in [0.15, 0.2) is 51.4 Å². The average molecular weight is 358 g/mol. The first-order valence-electron chi connectivity index (χ1n) is 4.84. The lowest BCUT2D eigenvalue weighted by molar-refractivity contribution is 0.103. The summed E-state index contributed by atoms with van der Waals surface area (Å²) >= 11 is 6.52. The van der Waals surface area contributed by atoms with Crippen molar-refractivity contribution in [2.75, 3.05) is 0 Å². The summed E-state index contributed by atoms with van der Waals surface area (Å²) in [6.07, 6.45) is 0. The van der Waals surface area contributed by atoms with E-state index in [1.165, 1.54) is 18.2 Å². The van der Waals surface area contributed by atoms with Crippen LogP contribution in [0.4, 0.5) is 4.39 Å². The first kappa shape index (κ1) is 12.5. The van der Waals surface area contributed by atoms with Gasteiger partial charge in [0.2, 0.25) is 0 Å². The summed E-state index contributed by atoms with van der Waals surface area (Å²) in [5.74, 6) is -0.523. The Morgan fingerprint density at radius 1 is 0.941 bits per heavy atom. The molecule has 0 aliphatic rings. The molecule has 2 rings (SSSR count). The zero-order valence-electron chi connectivity index (χ0n) is 8.58. The zero-order valence-corrected chi connectivity index (χ0v) is 11.8. The minimum Gasteiger partial charge on any atom is -0.289 e. The second-order valence-electron chi connectivity index (χ2n) is 3.43. The number of hydrogen-bond acceptors (Lipinski definition) is 1. The lowest BCUT2D eigenvalue weighted by Crippen LogP contribution is -2.03. The number of carbonyl (C=O) groups excluding carboxylic acids is 1. The minimum atomic E-state index is -0.374. The summed E-state index contributed by atoms with van der Waals surface area (Å²) in [4.78, 5) is 12.2. The Labute approximate surface area is 115 Å². The normalized spacial score (nSPS) is 10.3. The van der Waals surface area contributed by atoms with Crippen molar-refractivity contribution in [3.8, 4) is 0 Å². The van der Waals surface area contributed by atoms with Gasteiger partial charge in [-0.1, -0.05) is 28.1 Å². The van der Waals surface area contributed by atoms with Crippen LogP contribution in [0.25, 0.3) is 0 Å². The molecule has 0 aliphatic carbocycles. The molecule has 0 aromatic heterocycles. The second kappa shape index (κ2) is 5.10. The van der Waals surface area contributed by atoms with Crippen LogP contribution in [0, 0.1) is 5.82 Å². The molecule has 0 saturated heterocycles. The van der Waals surface area contributed by atoms with Crippen LogP contribution >= 0.6 is 31.9 Å². The van der Waals surface area contributed by atoms with Crippen LogP contribution in [0.2, 0.25) is 0 Å². The van der Waals surface area contributed by atoms with Crippen molar-refractivity contribution in [2.45, 2.75) is 0 Å². The third-order valence-corrected chi connectivity index (χ3v) is 3.64. The topological polar surface area (TPSA) is 17.1 Å². The largest absolute Gasteiger partial charge is 0.289 e. The van der Waals surface area contributed by atoms with E-state index in [-0.39, 0.29) is 11.6 Å². The fourth-order valence-corrected chi connectivity index (χ4v) is 2.46. The molecule has 0 saturated carbocycles. The highest BCUT2D eigenvalue weighted by Crippen LogP contribution is 2.24. The van der Waals surface area contributed by atoms with E-state index in [9.17, 15) is 9.18 Å². The molecule has 86 valence electrons. The lowest BCUT2D eigenvalue weighted by atomic mass is 10.0. The highest BCUT2D eigenvalue weighted by molar-refractivity contribution is 9.10. The lowest BCUT2D eigenvalue weighted by Gasteiger charge is -2.05. The molecule has 2 aromatic carbocycles. The van der Waals surface area contributed by atoms with Gasteiger partial charge in [0.1, 0.15) is 5.82 Å². The number of rotatable bonds is 2. The van der Waals surface area contributed by atoms with Crippen molar-refractivity contribution in [2.24, 2.45) is 0 Å². The van der Waals surface area contributed by atoms with Gasteiger partial charge in [0.15, 0.2) is 5.78 Å². The van der Waals surface area contributed by atoms with Gasteiger partial charge in [-0.25, -0.2) is 4.39 Å². The Morgan fingerprint density at radius 2 is 1.59 bits per heavy atom. The summed E-state index contributed by atoms with van der Waals surface area (Å²) in [6.45, 7) is 0. The maximum absolute atomic E-state index is 12.9. The molecule has 0 fully saturated rings. The summed E-state index contributed by atoms with van der Waals surface area (Å²) in [5, 5.41) is 0. The van der Waals surface area contributed by atoms with Gasteiger partial charge in [-0.15, -0.1) is 0 Å². The van der Waals surface area contributed by atoms with E-state index in [4.69, 9.17) is 0 Å². The van der Waals surface area contributed by atoms with Gasteiger partial charge in [-0.05, 0) is 46.3 Å². The highest BCUT2D eigenvalue weighted by atomic mass is 79.9. The van der Waals surface area contributed by atoms with Crippen LogP contribution in [-0.4, -0.2) is 5.78 Å². The molecule has 4 heteroatoms. The van der Waals surface area contributed by atoms with E-state index >= 15 is 0 Å². The highest BCUT2D eigenvalue weighted by Gasteiger charge is 2.15. The summed E-state index contributed by atoms with van der Waals surface area (Å²) in [6, 6.07) is 11.2. The first-order chi connectivity index (χ1) is 8.09. The van der Waals surface area contributed by atoms with Crippen molar-refractivity contribution in [3.63, 3.8) is 0 Å². The third-order valence-electron chi connectivity index (χ3n) is 2.29. The van der Waals surface area contributed by atoms with Crippen molar-refractivity contribution >= 4 is 37.6 Å². The van der Waals surface area contributed by atoms with Crippen LogP contribution in [-0.2, 0) is 0 Å². The Hall–Kier alpha value is -1.00. The zero-order chi connectivity index (χ0) is 12.4. The molecule has 17 heavy (non-hydrogen) atoms. The van der Waals surface area contributed by atoms with E-state index < -0.39 is 0 Å². The molecular weight excluding hydrogens is 351 g/mol. The molecule has 0 spiro atoms. The monoisotopic (exact) mass is 356 g/mol. The van der Waals surface area contributed by atoms with Gasteiger partial charge in [0, 0.05) is 20.1 Å². The van der Waals surface area contributed by atoms with Crippen molar-refractivity contribution in [3.05, 3.63) is 68.4 Å². The average Bonchev–Trinajstić information content (AvgIpc) is 2.29. The van der Waals surface area contributed by atoms with Crippen molar-refractivity contribution in [1.82, 2.24) is 0 Å². The SMILES string of the molecule is O=C(c1ccccc1Br)c1ccc(F)cc1Br. The van der Waals surface area contributed by atoms with Crippen LogP contribution in [0.3, 0.4) is 0 Å². The van der Waals surface area contributed by atoms with Gasteiger partial charge in [0.05, 0.1) is 0 Å². The maximum Gasteiger partial charge on any atom is 0.195 e. The van der Waals surface area contributed by atoms with E-state index in [2.05, 4.69) is 31.9 Å². The minimum absolute atomic E-state index is 0.149. The van der Waals surface area contributed by atoms with Gasteiger partial charge in [0.25, 0.3) is 0 Å². The number of ketones is 1. The predicted octanol–water partition coefficient (Wildman–Crippen LogP) is 4.58. The molecule has 0 N–H and O–H groups in total. The molecule has 0 aliphatic heterocycles. The molecule has 0 bridgehead atoms. The van der Waals surface area contributed by atoms with E-state index in [0.29, 0.717) is 15.6 Å². The number of carbonyl (C=O) groups is 1. The number of halogens is 3. The Kier molecular flexibility index (Phi) is 3.74. The predicted molar refractivity (Wildman–Crippen MR) is 71.7 cm³/mol. The first-order valence-corrected chi connectivity index (χ1v) is 6.42. The molecule has 2 aromatic rings. The van der Waals surface area contributed by atoms with Gasteiger partial charge < -0.3 is 0 Å². The fourth-order valence-electron chi connectivity index (χ4n) is 1.46. The van der Waals surface area contributed by atoms with Crippen LogP contribution in [0.1, 0.15) is 15.9 Å². The molecule has 0 radical (unpaired) electrons. The summed E-state index contributed by atoms with van der Waals surface area (Å²) < 4.78 is 14.1. The maximum atomic E-state index is 12.9. The van der Waals surface area contributed by atoms with E-state index in [0.717, 1.165) is 4.47 Å². The van der Waals surface area contributed by atoms with Crippen LogP contribution < -0.4 is 0 Å². The van der Waals surface area contributed by atoms with Gasteiger partial charge in [-0.3, -0.25) is 4.79 Å². The standard InChI is InChI=1S/C13H7Br2FO/c14-11-4-2-1-3-9(11)13(17)10-6-5-8(16)7-12(10)15/h1-7H. The van der Waals surface area contributed by atoms with E-state index in [1.54, 1.807) is 18.2 Å². The number of hydrogen-bond donors (Lipinski definition) is 0. The van der Waals surface area contributed by atoms with Crippen LogP contribution in [0.5, 0.6) is 0 Å². The molecule has 0 unspecified atom stereocenters. The van der Waals surface area contributed by atoms with Gasteiger partial charge in [-0.2, -0.15) is 0 Å².